The second-order valence-electron chi connectivity index (χ2n) is 8.39. The fourth-order valence-electron chi connectivity index (χ4n) is 3.45. The average molecular weight is 481 g/mol. The van der Waals surface area contributed by atoms with Crippen molar-refractivity contribution in [2.45, 2.75) is 39.7 Å². The summed E-state index contributed by atoms with van der Waals surface area (Å²) in [5.74, 6) is 0.222. The molecule has 180 valence electrons. The van der Waals surface area contributed by atoms with Gasteiger partial charge in [-0.3, -0.25) is 9.10 Å². The summed E-state index contributed by atoms with van der Waals surface area (Å²) in [6.07, 6.45) is 4.51. The maximum absolute atomic E-state index is 12.4. The lowest BCUT2D eigenvalue weighted by molar-refractivity contribution is -0.118. The number of carbonyl (C=O) groups excluding carboxylic acids is 1. The number of ether oxygens (including phenoxy) is 1. The third-order valence-corrected chi connectivity index (χ3v) is 6.54. The summed E-state index contributed by atoms with van der Waals surface area (Å²) in [7, 11) is -3.48. The number of sulfonamides is 1. The zero-order chi connectivity index (χ0) is 24.6. The lowest BCUT2D eigenvalue weighted by atomic mass is 10.1. The van der Waals surface area contributed by atoms with Gasteiger partial charge in [0.2, 0.25) is 10.0 Å². The van der Waals surface area contributed by atoms with Crippen molar-refractivity contribution in [3.05, 3.63) is 89.5 Å². The van der Waals surface area contributed by atoms with E-state index in [-0.39, 0.29) is 19.1 Å². The molecular formula is C27H32N2O4S. The first kappa shape index (κ1) is 25.3. The molecule has 0 fully saturated rings. The first-order valence-electron chi connectivity index (χ1n) is 11.4. The number of aryl methyl sites for hydroxylation is 2. The molecule has 0 saturated carbocycles. The minimum absolute atomic E-state index is 0.143. The summed E-state index contributed by atoms with van der Waals surface area (Å²) < 4.78 is 31.7. The number of amides is 1. The predicted molar refractivity (Wildman–Crippen MR) is 138 cm³/mol. The van der Waals surface area contributed by atoms with E-state index in [0.717, 1.165) is 36.1 Å². The highest BCUT2D eigenvalue weighted by molar-refractivity contribution is 7.92. The van der Waals surface area contributed by atoms with Gasteiger partial charge in [-0.25, -0.2) is 8.42 Å². The molecule has 3 aromatic rings. The number of anilines is 2. The summed E-state index contributed by atoms with van der Waals surface area (Å²) in [6, 6.07) is 22.3. The number of benzene rings is 3. The molecule has 0 bridgehead atoms. The van der Waals surface area contributed by atoms with Crippen molar-refractivity contribution in [2.24, 2.45) is 0 Å². The van der Waals surface area contributed by atoms with Gasteiger partial charge in [0, 0.05) is 5.69 Å². The van der Waals surface area contributed by atoms with Crippen LogP contribution >= 0.6 is 0 Å². The van der Waals surface area contributed by atoms with Gasteiger partial charge in [-0.05, 0) is 67.3 Å². The predicted octanol–water partition coefficient (Wildman–Crippen LogP) is 5.32. The maximum atomic E-state index is 12.4. The zero-order valence-electron chi connectivity index (χ0n) is 20.0. The van der Waals surface area contributed by atoms with E-state index in [9.17, 15) is 13.2 Å². The number of nitrogens with one attached hydrogen (secondary N) is 1. The number of nitrogens with zero attached hydrogens (tertiary/aromatic N) is 1. The smallest absolute Gasteiger partial charge is 0.262 e. The summed E-state index contributed by atoms with van der Waals surface area (Å²) in [5, 5.41) is 2.82. The van der Waals surface area contributed by atoms with Gasteiger partial charge in [-0.1, -0.05) is 55.3 Å². The zero-order valence-corrected chi connectivity index (χ0v) is 20.8. The van der Waals surface area contributed by atoms with Crippen LogP contribution in [0.1, 0.15) is 36.5 Å². The Morgan fingerprint density at radius 1 is 0.912 bits per heavy atom. The molecule has 1 N–H and O–H groups in total. The van der Waals surface area contributed by atoms with Crippen LogP contribution in [-0.2, 0) is 27.8 Å². The molecule has 0 aliphatic carbocycles. The molecule has 0 radical (unpaired) electrons. The Balaban J connectivity index is 1.57. The second-order valence-corrected chi connectivity index (χ2v) is 10.3. The number of carbonyl (C=O) groups is 1. The molecule has 0 saturated heterocycles. The summed E-state index contributed by atoms with van der Waals surface area (Å²) >= 11 is 0. The Morgan fingerprint density at radius 2 is 1.53 bits per heavy atom. The van der Waals surface area contributed by atoms with E-state index in [4.69, 9.17) is 4.74 Å². The van der Waals surface area contributed by atoms with Crippen molar-refractivity contribution in [1.82, 2.24) is 0 Å². The van der Waals surface area contributed by atoms with E-state index in [1.807, 2.05) is 55.5 Å². The molecule has 0 aliphatic heterocycles. The standard InChI is InChI=1S/C27H32N2O4S/c1-4-5-6-22-11-13-24(14-12-22)28-27(30)20-33-26-17-15-25(16-18-26)29(34(3,31)32)19-23-9-7-21(2)8-10-23/h7-18H,4-6,19-20H2,1-3H3,(H,28,30). The van der Waals surface area contributed by atoms with Crippen LogP contribution in [0, 0.1) is 6.92 Å². The topological polar surface area (TPSA) is 75.7 Å². The van der Waals surface area contributed by atoms with Crippen LogP contribution in [0.4, 0.5) is 11.4 Å². The second kappa shape index (κ2) is 11.7. The number of hydrogen-bond acceptors (Lipinski definition) is 4. The summed E-state index contributed by atoms with van der Waals surface area (Å²) in [6.45, 7) is 4.24. The van der Waals surface area contributed by atoms with Gasteiger partial charge in [0.05, 0.1) is 18.5 Å². The van der Waals surface area contributed by atoms with Gasteiger partial charge in [0.25, 0.3) is 5.91 Å². The Bertz CT molecular complexity index is 1170. The molecule has 0 spiro atoms. The minimum atomic E-state index is -3.48. The van der Waals surface area contributed by atoms with Crippen LogP contribution in [-0.4, -0.2) is 27.2 Å². The largest absolute Gasteiger partial charge is 0.484 e. The number of rotatable bonds is 11. The van der Waals surface area contributed by atoms with Crippen molar-refractivity contribution in [3.63, 3.8) is 0 Å². The van der Waals surface area contributed by atoms with E-state index >= 15 is 0 Å². The first-order chi connectivity index (χ1) is 16.2. The van der Waals surface area contributed by atoms with Gasteiger partial charge in [-0.15, -0.1) is 0 Å². The van der Waals surface area contributed by atoms with Crippen LogP contribution in [0.3, 0.4) is 0 Å². The molecule has 3 rings (SSSR count). The summed E-state index contributed by atoms with van der Waals surface area (Å²) in [4.78, 5) is 12.3. The van der Waals surface area contributed by atoms with E-state index in [2.05, 4.69) is 12.2 Å². The third-order valence-electron chi connectivity index (χ3n) is 5.40. The Hall–Kier alpha value is -3.32. The monoisotopic (exact) mass is 480 g/mol. The van der Waals surface area contributed by atoms with Crippen LogP contribution in [0.2, 0.25) is 0 Å². The molecule has 1 amide bonds. The Kier molecular flexibility index (Phi) is 8.71. The van der Waals surface area contributed by atoms with E-state index in [0.29, 0.717) is 11.4 Å². The van der Waals surface area contributed by atoms with Crippen LogP contribution in [0.15, 0.2) is 72.8 Å². The SMILES string of the molecule is CCCCc1ccc(NC(=O)COc2ccc(N(Cc3ccc(C)cc3)S(C)(=O)=O)cc2)cc1. The van der Waals surface area contributed by atoms with Gasteiger partial charge < -0.3 is 10.1 Å². The van der Waals surface area contributed by atoms with E-state index in [1.165, 1.54) is 16.1 Å². The third kappa shape index (κ3) is 7.63. The highest BCUT2D eigenvalue weighted by Gasteiger charge is 2.18. The maximum Gasteiger partial charge on any atom is 0.262 e. The molecule has 0 aromatic heterocycles. The van der Waals surface area contributed by atoms with Crippen LogP contribution in [0.25, 0.3) is 0 Å². The lowest BCUT2D eigenvalue weighted by Gasteiger charge is -2.23. The van der Waals surface area contributed by atoms with Crippen molar-refractivity contribution in [1.29, 1.82) is 0 Å². The van der Waals surface area contributed by atoms with Gasteiger partial charge in [0.1, 0.15) is 5.75 Å². The fourth-order valence-corrected chi connectivity index (χ4v) is 4.34. The first-order valence-corrected chi connectivity index (χ1v) is 13.2. The van der Waals surface area contributed by atoms with Crippen molar-refractivity contribution in [2.75, 3.05) is 22.5 Å². The van der Waals surface area contributed by atoms with Gasteiger partial charge >= 0.3 is 0 Å². The average Bonchev–Trinajstić information content (AvgIpc) is 2.81. The number of unbranched alkanes of at least 4 members (excludes halogenated alkanes) is 1. The van der Waals surface area contributed by atoms with Crippen LogP contribution in [0.5, 0.6) is 5.75 Å². The van der Waals surface area contributed by atoms with Crippen molar-refractivity contribution >= 4 is 27.3 Å². The van der Waals surface area contributed by atoms with Crippen molar-refractivity contribution in [3.8, 4) is 5.75 Å². The summed E-state index contributed by atoms with van der Waals surface area (Å²) in [5.41, 5.74) is 4.52. The lowest BCUT2D eigenvalue weighted by Crippen LogP contribution is -2.29. The molecule has 0 heterocycles. The van der Waals surface area contributed by atoms with Gasteiger partial charge in [-0.2, -0.15) is 0 Å². The Labute approximate surface area is 202 Å². The van der Waals surface area contributed by atoms with E-state index < -0.39 is 10.0 Å². The highest BCUT2D eigenvalue weighted by atomic mass is 32.2. The quantitative estimate of drug-likeness (QED) is 0.403. The molecule has 3 aromatic carbocycles. The molecular weight excluding hydrogens is 448 g/mol. The molecule has 6 nitrogen and oxygen atoms in total. The van der Waals surface area contributed by atoms with Crippen LogP contribution < -0.4 is 14.4 Å². The molecule has 34 heavy (non-hydrogen) atoms. The highest BCUT2D eigenvalue weighted by Crippen LogP contribution is 2.24. The normalized spacial score (nSPS) is 11.1. The molecule has 0 unspecified atom stereocenters. The van der Waals surface area contributed by atoms with E-state index in [1.54, 1.807) is 24.3 Å². The molecule has 7 heteroatoms. The Morgan fingerprint density at radius 3 is 2.12 bits per heavy atom. The fraction of sp³-hybridized carbons (Fsp3) is 0.296. The van der Waals surface area contributed by atoms with Gasteiger partial charge in [0.15, 0.2) is 6.61 Å². The minimum Gasteiger partial charge on any atom is -0.484 e. The molecule has 0 atom stereocenters. The number of hydrogen-bond donors (Lipinski definition) is 1. The van der Waals surface area contributed by atoms with Crippen molar-refractivity contribution < 1.29 is 17.9 Å². The molecule has 0 aliphatic rings.